The van der Waals surface area contributed by atoms with E-state index in [2.05, 4.69) is 42.3 Å². The van der Waals surface area contributed by atoms with Gasteiger partial charge in [0.25, 0.3) is 11.9 Å². The topological polar surface area (TPSA) is 129 Å². The fourth-order valence-corrected chi connectivity index (χ4v) is 6.05. The van der Waals surface area contributed by atoms with Crippen LogP contribution in [0, 0.1) is 6.92 Å². The average Bonchev–Trinajstić information content (AvgIpc) is 3.70. The second-order valence-corrected chi connectivity index (χ2v) is 11.6. The predicted octanol–water partition coefficient (Wildman–Crippen LogP) is 7.59. The zero-order chi connectivity index (χ0) is 31.6. The summed E-state index contributed by atoms with van der Waals surface area (Å²) >= 11 is 1.11. The molecule has 1 aliphatic carbocycles. The number of alkyl halides is 3. The smallest absolute Gasteiger partial charge is 0.290 e. The number of aromatic amines is 1. The number of tetrazole rings is 1. The molecule has 0 saturated carbocycles. The van der Waals surface area contributed by atoms with Gasteiger partial charge in [-0.15, -0.1) is 5.10 Å². The first kappa shape index (κ1) is 29.9. The SMILES string of the molecule is Cc1cc(C(F)(F)F)cc2nc(NC(=O)N(Cc3ccc(C(=O)Nc4nn[nH]n4)cc3)c3ccc(C4=CCCCC4)cc3)sc12. The van der Waals surface area contributed by atoms with Crippen molar-refractivity contribution in [3.8, 4) is 0 Å². The first-order valence-electron chi connectivity index (χ1n) is 14.1. The Morgan fingerprint density at radius 3 is 2.47 bits per heavy atom. The van der Waals surface area contributed by atoms with Crippen LogP contribution in [0.5, 0.6) is 0 Å². The minimum absolute atomic E-state index is 0.0408. The highest BCUT2D eigenvalue weighted by Gasteiger charge is 2.31. The molecule has 2 aromatic heterocycles. The minimum atomic E-state index is -4.51. The lowest BCUT2D eigenvalue weighted by atomic mass is 9.93. The molecule has 0 spiro atoms. The van der Waals surface area contributed by atoms with Gasteiger partial charge in [-0.25, -0.2) is 9.78 Å². The number of urea groups is 1. The van der Waals surface area contributed by atoms with Gasteiger partial charge in [-0.3, -0.25) is 20.3 Å². The van der Waals surface area contributed by atoms with E-state index in [1.165, 1.54) is 16.9 Å². The number of aryl methyl sites for hydroxylation is 1. The Morgan fingerprint density at radius 2 is 1.80 bits per heavy atom. The maximum Gasteiger partial charge on any atom is 0.416 e. The van der Waals surface area contributed by atoms with Crippen LogP contribution in [0.2, 0.25) is 0 Å². The van der Waals surface area contributed by atoms with Gasteiger partial charge in [-0.2, -0.15) is 18.4 Å². The second kappa shape index (κ2) is 12.5. The van der Waals surface area contributed by atoms with Gasteiger partial charge in [0, 0.05) is 11.3 Å². The van der Waals surface area contributed by atoms with Crippen molar-refractivity contribution in [2.75, 3.05) is 15.5 Å². The highest BCUT2D eigenvalue weighted by molar-refractivity contribution is 7.22. The number of benzene rings is 3. The molecule has 2 heterocycles. The van der Waals surface area contributed by atoms with Crippen molar-refractivity contribution < 1.29 is 22.8 Å². The number of hydrogen-bond acceptors (Lipinski definition) is 7. The Hall–Kier alpha value is -5.11. The van der Waals surface area contributed by atoms with E-state index in [9.17, 15) is 22.8 Å². The molecule has 45 heavy (non-hydrogen) atoms. The standard InChI is InChI=1S/C31H27F3N8O2S/c1-18-15-23(31(32,33)34)16-25-26(18)45-29(35-25)37-30(44)42(24-13-11-21(12-14-24)20-5-3-2-4-6-20)17-19-7-9-22(10-8-19)27(43)36-28-38-40-41-39-28/h5,7-16H,2-4,6,17H2,1H3,(H,35,37,44)(H2,36,38,39,40,41,43). The fourth-order valence-electron chi connectivity index (χ4n) is 5.14. The van der Waals surface area contributed by atoms with Crippen LogP contribution in [-0.2, 0) is 12.7 Å². The maximum atomic E-state index is 13.7. The lowest BCUT2D eigenvalue weighted by Gasteiger charge is -2.23. The molecule has 230 valence electrons. The molecular formula is C31H27F3N8O2S. The second-order valence-electron chi connectivity index (χ2n) is 10.6. The number of thiazole rings is 1. The first-order valence-corrected chi connectivity index (χ1v) is 15.0. The lowest BCUT2D eigenvalue weighted by molar-refractivity contribution is -0.137. The molecule has 0 atom stereocenters. The first-order chi connectivity index (χ1) is 21.6. The third-order valence-electron chi connectivity index (χ3n) is 7.43. The summed E-state index contributed by atoms with van der Waals surface area (Å²) in [5, 5.41) is 18.6. The van der Waals surface area contributed by atoms with E-state index in [1.807, 2.05) is 24.3 Å². The van der Waals surface area contributed by atoms with E-state index in [1.54, 1.807) is 31.2 Å². The molecule has 3 N–H and O–H groups in total. The van der Waals surface area contributed by atoms with Gasteiger partial charge in [0.05, 0.1) is 22.3 Å². The van der Waals surface area contributed by atoms with Crippen LogP contribution in [0.3, 0.4) is 0 Å². The average molecular weight is 633 g/mol. The molecule has 6 rings (SSSR count). The highest BCUT2D eigenvalue weighted by atomic mass is 32.1. The Bertz CT molecular complexity index is 1870. The van der Waals surface area contributed by atoms with Crippen molar-refractivity contribution in [2.24, 2.45) is 0 Å². The molecule has 0 bridgehead atoms. The molecular weight excluding hydrogens is 605 g/mol. The van der Waals surface area contributed by atoms with Gasteiger partial charge in [-0.05, 0) is 96.5 Å². The van der Waals surface area contributed by atoms with Crippen LogP contribution in [0.1, 0.15) is 58.3 Å². The molecule has 3 aromatic carbocycles. The molecule has 0 fully saturated rings. The number of amides is 3. The van der Waals surface area contributed by atoms with Crippen molar-refractivity contribution in [1.82, 2.24) is 25.6 Å². The molecule has 0 aliphatic heterocycles. The van der Waals surface area contributed by atoms with Gasteiger partial charge >= 0.3 is 12.2 Å². The number of nitrogens with one attached hydrogen (secondary N) is 3. The monoisotopic (exact) mass is 632 g/mol. The Balaban J connectivity index is 1.26. The molecule has 0 radical (unpaired) electrons. The number of allylic oxidation sites excluding steroid dienone is 2. The van der Waals surface area contributed by atoms with Crippen molar-refractivity contribution in [2.45, 2.75) is 45.3 Å². The summed E-state index contributed by atoms with van der Waals surface area (Å²) in [6.45, 7) is 1.73. The highest BCUT2D eigenvalue weighted by Crippen LogP contribution is 2.36. The maximum absolute atomic E-state index is 13.7. The number of carbonyl (C=O) groups is 2. The van der Waals surface area contributed by atoms with Crippen LogP contribution in [-0.4, -0.2) is 37.5 Å². The fraction of sp³-hybridized carbons (Fsp3) is 0.226. The number of H-pyrrole nitrogens is 1. The van der Waals surface area contributed by atoms with Crippen LogP contribution < -0.4 is 15.5 Å². The number of nitrogens with zero attached hydrogens (tertiary/aromatic N) is 5. The van der Waals surface area contributed by atoms with E-state index in [4.69, 9.17) is 0 Å². The Labute approximate surface area is 259 Å². The van der Waals surface area contributed by atoms with Crippen LogP contribution in [0.4, 0.5) is 34.7 Å². The van der Waals surface area contributed by atoms with Crippen molar-refractivity contribution in [1.29, 1.82) is 0 Å². The molecule has 10 nitrogen and oxygen atoms in total. The Morgan fingerprint density at radius 1 is 1.02 bits per heavy atom. The van der Waals surface area contributed by atoms with E-state index in [0.29, 0.717) is 21.5 Å². The lowest BCUT2D eigenvalue weighted by Crippen LogP contribution is -2.34. The molecule has 1 aliphatic rings. The quantitative estimate of drug-likeness (QED) is 0.170. The number of rotatable bonds is 7. The summed E-state index contributed by atoms with van der Waals surface area (Å²) < 4.78 is 40.7. The molecule has 5 aromatic rings. The van der Waals surface area contributed by atoms with Gasteiger partial charge < -0.3 is 0 Å². The summed E-state index contributed by atoms with van der Waals surface area (Å²) in [6, 6.07) is 16.0. The van der Waals surface area contributed by atoms with Gasteiger partial charge in [0.2, 0.25) is 0 Å². The zero-order valence-electron chi connectivity index (χ0n) is 24.0. The van der Waals surface area contributed by atoms with E-state index in [0.717, 1.165) is 53.9 Å². The van der Waals surface area contributed by atoms with Crippen LogP contribution >= 0.6 is 11.3 Å². The third kappa shape index (κ3) is 6.85. The number of halogens is 3. The van der Waals surface area contributed by atoms with Crippen molar-refractivity contribution in [3.63, 3.8) is 0 Å². The van der Waals surface area contributed by atoms with Gasteiger partial charge in [-0.1, -0.05) is 46.8 Å². The number of hydrogen-bond donors (Lipinski definition) is 3. The van der Waals surface area contributed by atoms with E-state index in [-0.39, 0.29) is 23.1 Å². The van der Waals surface area contributed by atoms with Crippen LogP contribution in [0.25, 0.3) is 15.8 Å². The van der Waals surface area contributed by atoms with Crippen LogP contribution in [0.15, 0.2) is 66.7 Å². The van der Waals surface area contributed by atoms with E-state index >= 15 is 0 Å². The summed E-state index contributed by atoms with van der Waals surface area (Å²) in [4.78, 5) is 32.1. The normalized spacial score (nSPS) is 13.4. The predicted molar refractivity (Wildman–Crippen MR) is 166 cm³/mol. The molecule has 3 amide bonds. The van der Waals surface area contributed by atoms with Gasteiger partial charge in [0.15, 0.2) is 5.13 Å². The number of anilines is 3. The van der Waals surface area contributed by atoms with Crippen molar-refractivity contribution >= 4 is 55.8 Å². The van der Waals surface area contributed by atoms with Crippen molar-refractivity contribution in [3.05, 3.63) is 94.6 Å². The Kier molecular flexibility index (Phi) is 8.30. The summed E-state index contributed by atoms with van der Waals surface area (Å²) in [5.41, 5.74) is 3.87. The summed E-state index contributed by atoms with van der Waals surface area (Å²) in [6.07, 6.45) is 2.10. The molecule has 0 saturated heterocycles. The number of carbonyl (C=O) groups excluding carboxylic acids is 2. The summed E-state index contributed by atoms with van der Waals surface area (Å²) in [5.74, 6) is -0.385. The van der Waals surface area contributed by atoms with Gasteiger partial charge in [0.1, 0.15) is 0 Å². The molecule has 14 heteroatoms. The van der Waals surface area contributed by atoms with E-state index < -0.39 is 23.7 Å². The molecule has 0 unspecified atom stereocenters. The summed E-state index contributed by atoms with van der Waals surface area (Å²) in [7, 11) is 0. The zero-order valence-corrected chi connectivity index (χ0v) is 24.8. The third-order valence-corrected chi connectivity index (χ3v) is 8.55. The minimum Gasteiger partial charge on any atom is -0.290 e. The number of aromatic nitrogens is 5. The number of fused-ring (bicyclic) bond motifs is 1. The largest absolute Gasteiger partial charge is 0.416 e.